The number of hydrazone groups is 1. The third-order valence-corrected chi connectivity index (χ3v) is 2.20. The molecule has 0 aliphatic carbocycles. The van der Waals surface area contributed by atoms with Crippen molar-refractivity contribution in [3.8, 4) is 6.07 Å². The highest BCUT2D eigenvalue weighted by atomic mass is 35.5. The Hall–Kier alpha value is -2.73. The maximum absolute atomic E-state index is 13.3. The van der Waals surface area contributed by atoms with Crippen molar-refractivity contribution in [1.82, 2.24) is 0 Å². The van der Waals surface area contributed by atoms with E-state index in [1.165, 1.54) is 6.07 Å². The molecule has 98 valence electrons. The number of nitro groups is 1. The van der Waals surface area contributed by atoms with Crippen LogP contribution in [0.2, 0.25) is 5.02 Å². The van der Waals surface area contributed by atoms with Gasteiger partial charge in [0.25, 0.3) is 0 Å². The Bertz CT molecular complexity index is 624. The van der Waals surface area contributed by atoms with Crippen LogP contribution in [0.1, 0.15) is 0 Å². The largest absolute Gasteiger partial charge is 0.382 e. The summed E-state index contributed by atoms with van der Waals surface area (Å²) in [5, 5.41) is 29.3. The Labute approximate surface area is 110 Å². The average molecular weight is 285 g/mol. The number of anilines is 1. The molecule has 10 heteroatoms. The predicted molar refractivity (Wildman–Crippen MR) is 66.6 cm³/mol. The second kappa shape index (κ2) is 5.74. The van der Waals surface area contributed by atoms with Crippen LogP contribution in [0, 0.1) is 32.7 Å². The first kappa shape index (κ1) is 14.3. The van der Waals surface area contributed by atoms with Crippen LogP contribution < -0.4 is 11.2 Å². The van der Waals surface area contributed by atoms with Gasteiger partial charge >= 0.3 is 5.69 Å². The fraction of sp³-hybridized carbons (Fsp3) is 0. The first-order valence-electron chi connectivity index (χ1n) is 4.58. The molecule has 0 saturated heterocycles. The number of nitrogens with zero attached hydrogens (tertiary/aromatic N) is 3. The molecule has 4 N–H and O–H groups in total. The second-order valence-electron chi connectivity index (χ2n) is 3.14. The van der Waals surface area contributed by atoms with Gasteiger partial charge in [-0.1, -0.05) is 11.6 Å². The van der Waals surface area contributed by atoms with E-state index >= 15 is 0 Å². The Morgan fingerprint density at radius 2 is 2.32 bits per heavy atom. The third kappa shape index (κ3) is 3.36. The molecule has 0 bridgehead atoms. The van der Waals surface area contributed by atoms with Crippen molar-refractivity contribution >= 4 is 34.5 Å². The fourth-order valence-electron chi connectivity index (χ4n) is 1.02. The SMILES string of the molecule is N#C/C(=N\Nc1cc(F)c([N+](=O)[O-])cc1Cl)C(=N)N. The van der Waals surface area contributed by atoms with Crippen LogP contribution in [-0.4, -0.2) is 16.5 Å². The van der Waals surface area contributed by atoms with Gasteiger partial charge in [-0.25, -0.2) is 0 Å². The molecule has 0 aromatic heterocycles. The van der Waals surface area contributed by atoms with Crippen LogP contribution in [0.4, 0.5) is 15.8 Å². The zero-order valence-corrected chi connectivity index (χ0v) is 9.90. The summed E-state index contributed by atoms with van der Waals surface area (Å²) in [4.78, 5) is 9.53. The van der Waals surface area contributed by atoms with Crippen LogP contribution in [-0.2, 0) is 0 Å². The highest BCUT2D eigenvalue weighted by Crippen LogP contribution is 2.29. The van der Waals surface area contributed by atoms with Gasteiger partial charge in [-0.3, -0.25) is 20.9 Å². The number of nitriles is 1. The molecule has 0 radical (unpaired) electrons. The molecule has 0 fully saturated rings. The van der Waals surface area contributed by atoms with Crippen molar-refractivity contribution in [3.05, 3.63) is 33.1 Å². The van der Waals surface area contributed by atoms with E-state index in [2.05, 4.69) is 10.5 Å². The van der Waals surface area contributed by atoms with E-state index in [0.29, 0.717) is 0 Å². The summed E-state index contributed by atoms with van der Waals surface area (Å²) in [6.45, 7) is 0. The molecule has 0 aliphatic heterocycles. The zero-order valence-electron chi connectivity index (χ0n) is 9.15. The molecule has 8 nitrogen and oxygen atoms in total. The minimum absolute atomic E-state index is 0.0984. The summed E-state index contributed by atoms with van der Waals surface area (Å²) in [6.07, 6.45) is 0. The van der Waals surface area contributed by atoms with E-state index in [1.807, 2.05) is 0 Å². The number of nitrogens with one attached hydrogen (secondary N) is 2. The van der Waals surface area contributed by atoms with Crippen molar-refractivity contribution in [2.24, 2.45) is 10.8 Å². The van der Waals surface area contributed by atoms with Gasteiger partial charge in [0.2, 0.25) is 11.5 Å². The van der Waals surface area contributed by atoms with E-state index in [0.717, 1.165) is 12.1 Å². The molecule has 0 spiro atoms. The zero-order chi connectivity index (χ0) is 14.6. The maximum atomic E-state index is 13.3. The third-order valence-electron chi connectivity index (χ3n) is 1.88. The molecule has 1 aromatic rings. The van der Waals surface area contributed by atoms with Gasteiger partial charge in [-0.2, -0.15) is 14.8 Å². The monoisotopic (exact) mass is 284 g/mol. The predicted octanol–water partition coefficient (Wildman–Crippen LogP) is 1.61. The summed E-state index contributed by atoms with van der Waals surface area (Å²) >= 11 is 5.68. The van der Waals surface area contributed by atoms with Gasteiger partial charge in [0.05, 0.1) is 15.6 Å². The van der Waals surface area contributed by atoms with E-state index in [-0.39, 0.29) is 10.7 Å². The highest BCUT2D eigenvalue weighted by molar-refractivity contribution is 6.46. The molecule has 0 heterocycles. The minimum atomic E-state index is -1.12. The van der Waals surface area contributed by atoms with Crippen LogP contribution in [0.5, 0.6) is 0 Å². The van der Waals surface area contributed by atoms with Crippen molar-refractivity contribution in [2.45, 2.75) is 0 Å². The van der Waals surface area contributed by atoms with Gasteiger partial charge in [0, 0.05) is 12.1 Å². The maximum Gasteiger partial charge on any atom is 0.306 e. The molecule has 0 saturated carbocycles. The summed E-state index contributed by atoms with van der Waals surface area (Å²) in [5.41, 5.74) is 5.92. The Balaban J connectivity index is 3.11. The summed E-state index contributed by atoms with van der Waals surface area (Å²) < 4.78 is 13.3. The van der Waals surface area contributed by atoms with Crippen molar-refractivity contribution in [1.29, 1.82) is 10.7 Å². The van der Waals surface area contributed by atoms with Gasteiger partial charge < -0.3 is 5.73 Å². The van der Waals surface area contributed by atoms with E-state index in [4.69, 9.17) is 28.0 Å². The molecule has 0 amide bonds. The topological polar surface area (TPSA) is 141 Å². The van der Waals surface area contributed by atoms with Crippen molar-refractivity contribution in [2.75, 3.05) is 5.43 Å². The number of nitrogens with two attached hydrogens (primary N) is 1. The lowest BCUT2D eigenvalue weighted by molar-refractivity contribution is -0.387. The van der Waals surface area contributed by atoms with Gasteiger partial charge in [-0.05, 0) is 0 Å². The fourth-order valence-corrected chi connectivity index (χ4v) is 1.22. The molecule has 1 rings (SSSR count). The van der Waals surface area contributed by atoms with Crippen LogP contribution in [0.15, 0.2) is 17.2 Å². The highest BCUT2D eigenvalue weighted by Gasteiger charge is 2.17. The first-order valence-corrected chi connectivity index (χ1v) is 4.96. The number of hydrogen-bond donors (Lipinski definition) is 3. The Kier molecular flexibility index (Phi) is 4.33. The molecule has 0 atom stereocenters. The van der Waals surface area contributed by atoms with Gasteiger partial charge in [0.15, 0.2) is 5.84 Å². The number of rotatable bonds is 4. The molecule has 0 aliphatic rings. The second-order valence-corrected chi connectivity index (χ2v) is 3.55. The summed E-state index contributed by atoms with van der Waals surface area (Å²) in [7, 11) is 0. The van der Waals surface area contributed by atoms with E-state index < -0.39 is 28.0 Å². The number of nitro benzene ring substituents is 1. The number of benzene rings is 1. The average Bonchev–Trinajstić information content (AvgIpc) is 2.32. The van der Waals surface area contributed by atoms with Crippen molar-refractivity contribution in [3.63, 3.8) is 0 Å². The molecule has 1 aromatic carbocycles. The molecule has 0 unspecified atom stereocenters. The van der Waals surface area contributed by atoms with Crippen LogP contribution in [0.25, 0.3) is 0 Å². The van der Waals surface area contributed by atoms with Crippen molar-refractivity contribution < 1.29 is 9.31 Å². The molecular weight excluding hydrogens is 279 g/mol. The molecular formula is C9H6ClFN6O2. The van der Waals surface area contributed by atoms with E-state index in [9.17, 15) is 14.5 Å². The standard InChI is InChI=1S/C9H6ClFN6O2/c10-4-1-8(17(18)19)5(11)2-6(4)15-16-7(3-12)9(13)14/h1-2,15H,(H3,13,14)/b16-7+. The number of hydrogen-bond acceptors (Lipinski definition) is 6. The molecule has 19 heavy (non-hydrogen) atoms. The lowest BCUT2D eigenvalue weighted by atomic mass is 10.2. The number of amidine groups is 1. The van der Waals surface area contributed by atoms with Crippen LogP contribution >= 0.6 is 11.6 Å². The quantitative estimate of drug-likeness (QED) is 0.333. The van der Waals surface area contributed by atoms with Gasteiger partial charge in [-0.15, -0.1) is 0 Å². The Morgan fingerprint density at radius 1 is 1.68 bits per heavy atom. The lowest BCUT2D eigenvalue weighted by Gasteiger charge is -2.04. The summed E-state index contributed by atoms with van der Waals surface area (Å²) in [6, 6.07) is 3.08. The Morgan fingerprint density at radius 3 is 2.79 bits per heavy atom. The first-order chi connectivity index (χ1) is 8.86. The number of halogens is 2. The lowest BCUT2D eigenvalue weighted by Crippen LogP contribution is -2.21. The van der Waals surface area contributed by atoms with Crippen LogP contribution in [0.3, 0.4) is 0 Å². The minimum Gasteiger partial charge on any atom is -0.382 e. The summed E-state index contributed by atoms with van der Waals surface area (Å²) in [5.74, 6) is -1.71. The van der Waals surface area contributed by atoms with E-state index in [1.54, 1.807) is 0 Å². The smallest absolute Gasteiger partial charge is 0.306 e. The van der Waals surface area contributed by atoms with Gasteiger partial charge in [0.1, 0.15) is 6.07 Å². The normalized spacial score (nSPS) is 10.7.